The van der Waals surface area contributed by atoms with Crippen LogP contribution in [-0.2, 0) is 14.3 Å². The summed E-state index contributed by atoms with van der Waals surface area (Å²) >= 11 is 0. The molecule has 1 aliphatic heterocycles. The van der Waals surface area contributed by atoms with Gasteiger partial charge in [0.25, 0.3) is 0 Å². The van der Waals surface area contributed by atoms with E-state index in [9.17, 15) is 14.4 Å². The Bertz CT molecular complexity index is 819. The number of rotatable bonds is 2. The lowest BCUT2D eigenvalue weighted by Gasteiger charge is -2.22. The standard InChI is InChI=1S/C18H17O5P/c1-9(22-10(2)19)15-5-3-4-13-16(20)12-7-6-11(24)8-14(12)17(21)18(13)23-15/h5-9H,3-4,24H2,1-2H3. The lowest BCUT2D eigenvalue weighted by atomic mass is 9.86. The van der Waals surface area contributed by atoms with Gasteiger partial charge in [0.2, 0.25) is 5.78 Å². The number of carbonyl (C=O) groups excluding carboxylic acids is 3. The normalized spacial score (nSPS) is 18.0. The number of fused-ring (bicyclic) bond motifs is 1. The van der Waals surface area contributed by atoms with E-state index >= 15 is 0 Å². The number of carbonyl (C=O) groups is 3. The Morgan fingerprint density at radius 2 is 2.00 bits per heavy atom. The van der Waals surface area contributed by atoms with E-state index in [1.807, 2.05) is 0 Å². The first-order valence-corrected chi connectivity index (χ1v) is 8.23. The first-order chi connectivity index (χ1) is 11.4. The highest BCUT2D eigenvalue weighted by Gasteiger charge is 2.35. The van der Waals surface area contributed by atoms with Crippen LogP contribution in [0.1, 0.15) is 47.4 Å². The predicted octanol–water partition coefficient (Wildman–Crippen LogP) is 2.47. The van der Waals surface area contributed by atoms with Crippen molar-refractivity contribution in [2.45, 2.75) is 32.8 Å². The zero-order chi connectivity index (χ0) is 17.4. The fraction of sp³-hybridized carbons (Fsp3) is 0.278. The number of ether oxygens (including phenoxy) is 2. The zero-order valence-electron chi connectivity index (χ0n) is 13.4. The molecule has 0 amide bonds. The van der Waals surface area contributed by atoms with Crippen LogP contribution in [0.3, 0.4) is 0 Å². The van der Waals surface area contributed by atoms with Crippen LogP contribution in [0.5, 0.6) is 0 Å². The number of esters is 1. The molecule has 0 saturated heterocycles. The smallest absolute Gasteiger partial charge is 0.303 e. The summed E-state index contributed by atoms with van der Waals surface area (Å²) in [5.41, 5.74) is 1.13. The molecule has 5 nitrogen and oxygen atoms in total. The van der Waals surface area contributed by atoms with Crippen molar-refractivity contribution in [1.82, 2.24) is 0 Å². The van der Waals surface area contributed by atoms with Gasteiger partial charge in [-0.3, -0.25) is 14.4 Å². The molecule has 124 valence electrons. The van der Waals surface area contributed by atoms with Gasteiger partial charge in [-0.05, 0) is 43.3 Å². The van der Waals surface area contributed by atoms with Crippen LogP contribution in [-0.4, -0.2) is 23.6 Å². The minimum Gasteiger partial charge on any atom is -0.455 e. The van der Waals surface area contributed by atoms with Crippen LogP contribution in [0.25, 0.3) is 0 Å². The molecule has 0 saturated carbocycles. The molecule has 0 spiro atoms. The Hall–Kier alpha value is -2.26. The summed E-state index contributed by atoms with van der Waals surface area (Å²) in [6.07, 6.45) is 2.10. The maximum absolute atomic E-state index is 12.8. The van der Waals surface area contributed by atoms with Gasteiger partial charge in [0, 0.05) is 23.6 Å². The minimum atomic E-state index is -0.619. The van der Waals surface area contributed by atoms with Crippen LogP contribution < -0.4 is 5.30 Å². The molecule has 0 aromatic heterocycles. The highest BCUT2D eigenvalue weighted by molar-refractivity contribution is 7.27. The van der Waals surface area contributed by atoms with Crippen LogP contribution in [0, 0.1) is 0 Å². The Kier molecular flexibility index (Phi) is 4.37. The quantitative estimate of drug-likeness (QED) is 0.609. The highest BCUT2D eigenvalue weighted by atomic mass is 31.0. The molecule has 2 aliphatic rings. The zero-order valence-corrected chi connectivity index (χ0v) is 14.6. The lowest BCUT2D eigenvalue weighted by molar-refractivity contribution is -0.145. The van der Waals surface area contributed by atoms with E-state index in [1.54, 1.807) is 31.2 Å². The average Bonchev–Trinajstić information content (AvgIpc) is 2.75. The van der Waals surface area contributed by atoms with Crippen LogP contribution in [0.4, 0.5) is 0 Å². The minimum absolute atomic E-state index is 0.0471. The third-order valence-corrected chi connectivity index (χ3v) is 4.35. The van der Waals surface area contributed by atoms with Crippen LogP contribution >= 0.6 is 9.24 Å². The summed E-state index contributed by atoms with van der Waals surface area (Å²) in [6.45, 7) is 2.98. The van der Waals surface area contributed by atoms with Crippen molar-refractivity contribution >= 4 is 32.1 Å². The summed E-state index contributed by atoms with van der Waals surface area (Å²) in [6, 6.07) is 5.11. The monoisotopic (exact) mass is 344 g/mol. The van der Waals surface area contributed by atoms with Gasteiger partial charge in [-0.25, -0.2) is 0 Å². The molecule has 24 heavy (non-hydrogen) atoms. The first kappa shape index (κ1) is 16.6. The van der Waals surface area contributed by atoms with Gasteiger partial charge in [-0.2, -0.15) is 0 Å². The van der Waals surface area contributed by atoms with Crippen molar-refractivity contribution in [1.29, 1.82) is 0 Å². The number of allylic oxidation sites excluding steroid dienone is 3. The summed E-state index contributed by atoms with van der Waals surface area (Å²) in [7, 11) is 2.51. The summed E-state index contributed by atoms with van der Waals surface area (Å²) in [5, 5.41) is 0.816. The third-order valence-electron chi connectivity index (χ3n) is 3.99. The van der Waals surface area contributed by atoms with Crippen molar-refractivity contribution in [3.63, 3.8) is 0 Å². The molecule has 6 heteroatoms. The second-order valence-corrected chi connectivity index (χ2v) is 6.44. The van der Waals surface area contributed by atoms with E-state index in [-0.39, 0.29) is 17.3 Å². The molecule has 1 aromatic carbocycles. The molecule has 2 unspecified atom stereocenters. The molecular formula is C18H17O5P. The summed E-state index contributed by atoms with van der Waals surface area (Å²) in [5.74, 6) is -0.506. The number of Topliss-reactive ketones (excluding diaryl/α,β-unsaturated/α-hetero) is 2. The van der Waals surface area contributed by atoms with E-state index in [2.05, 4.69) is 9.24 Å². The second kappa shape index (κ2) is 6.33. The number of benzene rings is 1. The summed E-state index contributed by atoms with van der Waals surface area (Å²) < 4.78 is 10.9. The molecule has 0 N–H and O–H groups in total. The molecule has 2 atom stereocenters. The van der Waals surface area contributed by atoms with Crippen molar-refractivity contribution in [3.05, 3.63) is 52.5 Å². The molecule has 0 bridgehead atoms. The molecule has 3 rings (SSSR count). The molecular weight excluding hydrogens is 327 g/mol. The van der Waals surface area contributed by atoms with Gasteiger partial charge < -0.3 is 9.47 Å². The van der Waals surface area contributed by atoms with Gasteiger partial charge in [-0.1, -0.05) is 6.07 Å². The molecule has 0 radical (unpaired) electrons. The second-order valence-electron chi connectivity index (χ2n) is 5.77. The molecule has 1 aromatic rings. The molecule has 0 fully saturated rings. The fourth-order valence-corrected chi connectivity index (χ4v) is 3.14. The van der Waals surface area contributed by atoms with Crippen molar-refractivity contribution in [2.75, 3.05) is 0 Å². The number of hydrogen-bond donors (Lipinski definition) is 0. The third kappa shape index (κ3) is 2.92. The van der Waals surface area contributed by atoms with Gasteiger partial charge in [0.1, 0.15) is 5.76 Å². The summed E-state index contributed by atoms with van der Waals surface area (Å²) in [4.78, 5) is 36.7. The average molecular weight is 344 g/mol. The van der Waals surface area contributed by atoms with Crippen LogP contribution in [0.2, 0.25) is 0 Å². The van der Waals surface area contributed by atoms with Crippen LogP contribution in [0.15, 0.2) is 41.4 Å². The lowest BCUT2D eigenvalue weighted by Crippen LogP contribution is -2.25. The largest absolute Gasteiger partial charge is 0.455 e. The van der Waals surface area contributed by atoms with E-state index in [0.29, 0.717) is 35.3 Å². The number of hydrogen-bond acceptors (Lipinski definition) is 5. The molecule has 1 heterocycles. The SMILES string of the molecule is CC(=O)OC(C)C1=CCCC2=C(O1)C(=O)c1cc(P)ccc1C2=O. The van der Waals surface area contributed by atoms with E-state index < -0.39 is 12.1 Å². The fourth-order valence-electron chi connectivity index (χ4n) is 2.88. The van der Waals surface area contributed by atoms with E-state index in [1.165, 1.54) is 6.92 Å². The molecule has 1 aliphatic carbocycles. The van der Waals surface area contributed by atoms with E-state index in [0.717, 1.165) is 5.30 Å². The van der Waals surface area contributed by atoms with Gasteiger partial charge >= 0.3 is 5.97 Å². The van der Waals surface area contributed by atoms with Gasteiger partial charge in [-0.15, -0.1) is 9.24 Å². The maximum Gasteiger partial charge on any atom is 0.303 e. The Labute approximate surface area is 141 Å². The Morgan fingerprint density at radius 3 is 2.71 bits per heavy atom. The first-order valence-electron chi connectivity index (χ1n) is 7.65. The van der Waals surface area contributed by atoms with Crippen molar-refractivity contribution in [3.8, 4) is 0 Å². The van der Waals surface area contributed by atoms with Gasteiger partial charge in [0.05, 0.1) is 0 Å². The number of ketones is 2. The van der Waals surface area contributed by atoms with Crippen molar-refractivity contribution in [2.24, 2.45) is 0 Å². The Morgan fingerprint density at radius 1 is 1.25 bits per heavy atom. The Balaban J connectivity index is 1.99. The topological polar surface area (TPSA) is 69.7 Å². The van der Waals surface area contributed by atoms with Gasteiger partial charge in [0.15, 0.2) is 17.6 Å². The predicted molar refractivity (Wildman–Crippen MR) is 91.1 cm³/mol. The maximum atomic E-state index is 12.8. The highest BCUT2D eigenvalue weighted by Crippen LogP contribution is 2.33. The van der Waals surface area contributed by atoms with Crippen molar-refractivity contribution < 1.29 is 23.9 Å². The van der Waals surface area contributed by atoms with E-state index in [4.69, 9.17) is 9.47 Å².